The van der Waals surface area contributed by atoms with Crippen LogP contribution in [-0.2, 0) is 6.42 Å². The SMILES string of the molecule is C1=CC2=CC(c3cc(-c4cc(C5=Cc6oc7ccccc7c6CC5)nc(-c5ccc(C6=CCCC=C6)cc5)n4)cc4oc5ccccc5c34)=CCC2C=C1. The molecule has 4 nitrogen and oxygen atoms in total. The van der Waals surface area contributed by atoms with Gasteiger partial charge in [-0.1, -0.05) is 115 Å². The lowest BCUT2D eigenvalue weighted by Gasteiger charge is -2.22. The standard InChI is InChI=1S/C50H36N2O2/c1-2-10-31(11-3-1)33-18-21-34(22-19-33)50-51-43(37-24-25-40-39-14-6-8-16-45(39)53-47(40)28-37)30-44(52-50)38-27-42(36-23-20-32-12-4-5-13-35(32)26-36)49-41-15-7-9-17-46(41)54-48(49)29-38/h2,4-19,21-23,26-30,32H,1,3,20,24-25H2. The summed E-state index contributed by atoms with van der Waals surface area (Å²) in [6, 6.07) is 32.0. The van der Waals surface area contributed by atoms with Gasteiger partial charge in [-0.15, -0.1) is 0 Å². The fourth-order valence-corrected chi connectivity index (χ4v) is 8.59. The molecule has 0 fully saturated rings. The minimum absolute atomic E-state index is 0.415. The maximum atomic E-state index is 6.60. The highest BCUT2D eigenvalue weighted by Crippen LogP contribution is 2.43. The van der Waals surface area contributed by atoms with Crippen LogP contribution in [0.3, 0.4) is 0 Å². The summed E-state index contributed by atoms with van der Waals surface area (Å²) < 4.78 is 13.0. The van der Waals surface area contributed by atoms with Crippen molar-refractivity contribution in [2.24, 2.45) is 5.92 Å². The number of aromatic nitrogens is 2. The molecule has 0 aliphatic heterocycles. The molecule has 0 bridgehead atoms. The zero-order chi connectivity index (χ0) is 35.6. The first kappa shape index (κ1) is 31.0. The monoisotopic (exact) mass is 696 g/mol. The van der Waals surface area contributed by atoms with E-state index in [4.69, 9.17) is 18.8 Å². The number of para-hydroxylation sites is 2. The van der Waals surface area contributed by atoms with E-state index < -0.39 is 0 Å². The van der Waals surface area contributed by atoms with Gasteiger partial charge in [-0.3, -0.25) is 0 Å². The van der Waals surface area contributed by atoms with Gasteiger partial charge in [0.05, 0.1) is 11.4 Å². The summed E-state index contributed by atoms with van der Waals surface area (Å²) in [5, 5.41) is 3.45. The molecule has 0 saturated carbocycles. The van der Waals surface area contributed by atoms with Crippen LogP contribution in [0, 0.1) is 5.92 Å². The van der Waals surface area contributed by atoms with Gasteiger partial charge < -0.3 is 8.83 Å². The van der Waals surface area contributed by atoms with Gasteiger partial charge in [-0.2, -0.15) is 0 Å². The molecule has 4 aromatic carbocycles. The van der Waals surface area contributed by atoms with Gasteiger partial charge in [0.2, 0.25) is 0 Å². The lowest BCUT2D eigenvalue weighted by Crippen LogP contribution is -2.05. The van der Waals surface area contributed by atoms with Crippen LogP contribution >= 0.6 is 0 Å². The zero-order valence-electron chi connectivity index (χ0n) is 29.8. The zero-order valence-corrected chi connectivity index (χ0v) is 29.8. The summed E-state index contributed by atoms with van der Waals surface area (Å²) in [5.41, 5.74) is 15.0. The van der Waals surface area contributed by atoms with Crippen molar-refractivity contribution in [3.05, 3.63) is 179 Å². The van der Waals surface area contributed by atoms with Crippen LogP contribution in [0.1, 0.15) is 53.8 Å². The molecule has 4 heteroatoms. The van der Waals surface area contributed by atoms with Crippen molar-refractivity contribution in [3.63, 3.8) is 0 Å². The van der Waals surface area contributed by atoms with Crippen molar-refractivity contribution < 1.29 is 8.83 Å². The Balaban J connectivity index is 1.09. The quantitative estimate of drug-likeness (QED) is 0.180. The number of furan rings is 2. The Morgan fingerprint density at radius 3 is 2.30 bits per heavy atom. The molecule has 0 N–H and O–H groups in total. The van der Waals surface area contributed by atoms with Crippen molar-refractivity contribution >= 4 is 55.7 Å². The van der Waals surface area contributed by atoms with Gasteiger partial charge in [-0.25, -0.2) is 9.97 Å². The topological polar surface area (TPSA) is 52.1 Å². The van der Waals surface area contributed by atoms with Gasteiger partial charge >= 0.3 is 0 Å². The van der Waals surface area contributed by atoms with E-state index in [-0.39, 0.29) is 0 Å². The highest BCUT2D eigenvalue weighted by Gasteiger charge is 2.24. The van der Waals surface area contributed by atoms with Crippen molar-refractivity contribution in [3.8, 4) is 22.6 Å². The summed E-state index contributed by atoms with van der Waals surface area (Å²) in [7, 11) is 0. The molecule has 3 aromatic heterocycles. The summed E-state index contributed by atoms with van der Waals surface area (Å²) in [4.78, 5) is 10.6. The second kappa shape index (κ2) is 12.6. The molecule has 1 atom stereocenters. The molecule has 7 aromatic rings. The number of benzene rings is 4. The first-order chi connectivity index (χ1) is 26.7. The molecule has 1 unspecified atom stereocenters. The minimum Gasteiger partial charge on any atom is -0.456 e. The van der Waals surface area contributed by atoms with E-state index in [0.29, 0.717) is 11.7 Å². The Morgan fingerprint density at radius 2 is 1.43 bits per heavy atom. The molecule has 4 aliphatic carbocycles. The first-order valence-electron chi connectivity index (χ1n) is 19.0. The van der Waals surface area contributed by atoms with E-state index in [1.165, 1.54) is 33.2 Å². The average Bonchev–Trinajstić information content (AvgIpc) is 3.81. The Bertz CT molecular complexity index is 2900. The lowest BCUT2D eigenvalue weighted by atomic mass is 9.83. The van der Waals surface area contributed by atoms with E-state index in [2.05, 4.69) is 140 Å². The largest absolute Gasteiger partial charge is 0.456 e. The molecular weight excluding hydrogens is 661 g/mol. The maximum Gasteiger partial charge on any atom is 0.160 e. The van der Waals surface area contributed by atoms with Crippen molar-refractivity contribution in [1.82, 2.24) is 9.97 Å². The van der Waals surface area contributed by atoms with Gasteiger partial charge in [0.15, 0.2) is 5.82 Å². The molecule has 258 valence electrons. The average molecular weight is 697 g/mol. The smallest absolute Gasteiger partial charge is 0.160 e. The third-order valence-corrected chi connectivity index (χ3v) is 11.4. The number of aryl methyl sites for hydroxylation is 1. The molecule has 11 rings (SSSR count). The van der Waals surface area contributed by atoms with Crippen LogP contribution in [0.25, 0.3) is 78.3 Å². The number of hydrogen-bond donors (Lipinski definition) is 0. The van der Waals surface area contributed by atoms with E-state index >= 15 is 0 Å². The molecule has 0 spiro atoms. The second-order valence-corrected chi connectivity index (χ2v) is 14.7. The van der Waals surface area contributed by atoms with Gasteiger partial charge in [-0.05, 0) is 102 Å². The van der Waals surface area contributed by atoms with Crippen molar-refractivity contribution in [2.75, 3.05) is 0 Å². The Morgan fingerprint density at radius 1 is 0.611 bits per heavy atom. The van der Waals surface area contributed by atoms with Crippen molar-refractivity contribution in [2.45, 2.75) is 32.1 Å². The summed E-state index contributed by atoms with van der Waals surface area (Å²) >= 11 is 0. The van der Waals surface area contributed by atoms with E-state index in [1.54, 1.807) is 0 Å². The Hall–Kier alpha value is -6.52. The van der Waals surface area contributed by atoms with Crippen LogP contribution in [0.4, 0.5) is 0 Å². The van der Waals surface area contributed by atoms with E-state index in [0.717, 1.165) is 99.0 Å². The van der Waals surface area contributed by atoms with Gasteiger partial charge in [0, 0.05) is 38.8 Å². The van der Waals surface area contributed by atoms with Crippen molar-refractivity contribution in [1.29, 1.82) is 0 Å². The number of rotatable bonds is 5. The number of fused-ring (bicyclic) bond motifs is 7. The third-order valence-electron chi connectivity index (χ3n) is 11.4. The highest BCUT2D eigenvalue weighted by atomic mass is 16.3. The normalized spacial score (nSPS) is 17.7. The van der Waals surface area contributed by atoms with Crippen LogP contribution in [0.15, 0.2) is 160 Å². The van der Waals surface area contributed by atoms with Crippen LogP contribution in [0.2, 0.25) is 0 Å². The van der Waals surface area contributed by atoms with E-state index in [9.17, 15) is 0 Å². The number of hydrogen-bond acceptors (Lipinski definition) is 4. The summed E-state index contributed by atoms with van der Waals surface area (Å²) in [6.07, 6.45) is 27.4. The maximum absolute atomic E-state index is 6.60. The molecular formula is C50H36N2O2. The molecule has 0 saturated heterocycles. The predicted octanol–water partition coefficient (Wildman–Crippen LogP) is 13.1. The molecule has 0 radical (unpaired) electrons. The fraction of sp³-hybridized carbons (Fsp3) is 0.120. The fourth-order valence-electron chi connectivity index (χ4n) is 8.59. The molecule has 3 heterocycles. The molecule has 4 aliphatic rings. The Labute approximate surface area is 313 Å². The van der Waals surface area contributed by atoms with E-state index in [1.807, 2.05) is 12.1 Å². The van der Waals surface area contributed by atoms with Crippen LogP contribution in [-0.4, -0.2) is 9.97 Å². The minimum atomic E-state index is 0.415. The summed E-state index contributed by atoms with van der Waals surface area (Å²) in [5.74, 6) is 2.04. The Kier molecular flexibility index (Phi) is 7.22. The number of nitrogens with zero attached hydrogens (tertiary/aromatic N) is 2. The van der Waals surface area contributed by atoms with Gasteiger partial charge in [0.25, 0.3) is 0 Å². The first-order valence-corrected chi connectivity index (χ1v) is 19.0. The van der Waals surface area contributed by atoms with Crippen LogP contribution < -0.4 is 0 Å². The predicted molar refractivity (Wildman–Crippen MR) is 221 cm³/mol. The summed E-state index contributed by atoms with van der Waals surface area (Å²) in [6.45, 7) is 0. The lowest BCUT2D eigenvalue weighted by molar-refractivity contribution is 0.596. The molecule has 0 amide bonds. The highest BCUT2D eigenvalue weighted by molar-refractivity contribution is 6.12. The number of allylic oxidation sites excluding steroid dienone is 13. The second-order valence-electron chi connectivity index (χ2n) is 14.7. The van der Waals surface area contributed by atoms with Gasteiger partial charge in [0.1, 0.15) is 22.5 Å². The van der Waals surface area contributed by atoms with Crippen LogP contribution in [0.5, 0.6) is 0 Å². The third kappa shape index (κ3) is 5.29. The molecule has 54 heavy (non-hydrogen) atoms.